The summed E-state index contributed by atoms with van der Waals surface area (Å²) in [6.45, 7) is 2.04. The Bertz CT molecular complexity index is 959. The number of ether oxygens (including phenoxy) is 1. The lowest BCUT2D eigenvalue weighted by molar-refractivity contribution is 0.0961. The van der Waals surface area contributed by atoms with Gasteiger partial charge in [0.2, 0.25) is 0 Å². The average Bonchev–Trinajstić information content (AvgIpc) is 2.69. The molecule has 3 nitrogen and oxygen atoms in total. The molecule has 3 heteroatoms. The molecule has 0 amide bonds. The van der Waals surface area contributed by atoms with Gasteiger partial charge in [0, 0.05) is 11.9 Å². The van der Waals surface area contributed by atoms with Crippen LogP contribution in [0.25, 0.3) is 0 Å². The van der Waals surface area contributed by atoms with Crippen LogP contribution in [0.2, 0.25) is 0 Å². The molecule has 3 aromatic rings. The number of aryl methyl sites for hydroxylation is 1. The lowest BCUT2D eigenvalue weighted by atomic mass is 9.91. The molecule has 0 saturated heterocycles. The molecule has 0 aromatic heterocycles. The van der Waals surface area contributed by atoms with Crippen LogP contribution in [0.1, 0.15) is 27.6 Å². The first kappa shape index (κ1) is 16.2. The summed E-state index contributed by atoms with van der Waals surface area (Å²) in [4.78, 5) is 13.1. The van der Waals surface area contributed by atoms with Crippen LogP contribution in [-0.4, -0.2) is 5.78 Å². The highest BCUT2D eigenvalue weighted by Gasteiger charge is 2.32. The maximum Gasteiger partial charge on any atom is 0.198 e. The van der Waals surface area contributed by atoms with Crippen molar-refractivity contribution in [2.75, 3.05) is 5.32 Å². The largest absolute Gasteiger partial charge is 0.480 e. The van der Waals surface area contributed by atoms with E-state index in [1.165, 1.54) is 5.56 Å². The zero-order valence-corrected chi connectivity index (χ0v) is 14.5. The molecule has 0 radical (unpaired) electrons. The van der Waals surface area contributed by atoms with Gasteiger partial charge in [-0.15, -0.1) is 0 Å². The van der Waals surface area contributed by atoms with Crippen molar-refractivity contribution >= 4 is 11.5 Å². The first-order valence-corrected chi connectivity index (χ1v) is 8.61. The normalized spacial score (nSPS) is 17.5. The van der Waals surface area contributed by atoms with E-state index in [-0.39, 0.29) is 5.78 Å². The van der Waals surface area contributed by atoms with Crippen LogP contribution in [0.3, 0.4) is 0 Å². The van der Waals surface area contributed by atoms with Gasteiger partial charge in [0.15, 0.2) is 11.9 Å². The summed E-state index contributed by atoms with van der Waals surface area (Å²) in [5.41, 5.74) is 4.26. The summed E-state index contributed by atoms with van der Waals surface area (Å²) in [6, 6.07) is 25.2. The van der Waals surface area contributed by atoms with Crippen molar-refractivity contribution in [2.45, 2.75) is 13.0 Å². The highest BCUT2D eigenvalue weighted by molar-refractivity contribution is 6.12. The van der Waals surface area contributed by atoms with Gasteiger partial charge >= 0.3 is 0 Å². The number of fused-ring (bicyclic) bond motifs is 1. The molecule has 0 fully saturated rings. The van der Waals surface area contributed by atoms with Gasteiger partial charge in [-0.2, -0.15) is 0 Å². The minimum Gasteiger partial charge on any atom is -0.480 e. The molecule has 1 aliphatic rings. The Kier molecular flexibility index (Phi) is 4.28. The molecule has 1 heterocycles. The molecule has 128 valence electrons. The molecule has 0 spiro atoms. The van der Waals surface area contributed by atoms with E-state index in [0.29, 0.717) is 16.9 Å². The molecule has 0 aliphatic carbocycles. The minimum absolute atomic E-state index is 0.0136. The number of ketones is 1. The molecular formula is C23H19NO2. The second kappa shape index (κ2) is 6.89. The fourth-order valence-electron chi connectivity index (χ4n) is 3.05. The number of carbonyl (C=O) groups excluding carboxylic acids is 1. The van der Waals surface area contributed by atoms with Crippen LogP contribution in [-0.2, 0) is 0 Å². The highest BCUT2D eigenvalue weighted by Crippen LogP contribution is 2.38. The second-order valence-electron chi connectivity index (χ2n) is 6.34. The van der Waals surface area contributed by atoms with Crippen molar-refractivity contribution in [1.29, 1.82) is 0 Å². The maximum absolute atomic E-state index is 13.1. The van der Waals surface area contributed by atoms with Crippen molar-refractivity contribution in [3.05, 3.63) is 107 Å². The van der Waals surface area contributed by atoms with E-state index in [1.807, 2.05) is 79.7 Å². The smallest absolute Gasteiger partial charge is 0.198 e. The Hall–Kier alpha value is -3.33. The molecule has 0 saturated carbocycles. The molecule has 1 unspecified atom stereocenters. The number of rotatable bonds is 3. The van der Waals surface area contributed by atoms with Gasteiger partial charge in [-0.3, -0.25) is 4.79 Å². The topological polar surface area (TPSA) is 38.3 Å². The highest BCUT2D eigenvalue weighted by atomic mass is 16.5. The van der Waals surface area contributed by atoms with Crippen LogP contribution in [0.4, 0.5) is 5.69 Å². The van der Waals surface area contributed by atoms with Gasteiger partial charge < -0.3 is 10.1 Å². The molecule has 1 atom stereocenters. The van der Waals surface area contributed by atoms with Gasteiger partial charge in [-0.25, -0.2) is 0 Å². The Morgan fingerprint density at radius 1 is 0.885 bits per heavy atom. The van der Waals surface area contributed by atoms with Crippen LogP contribution in [0.5, 0.6) is 5.75 Å². The lowest BCUT2D eigenvalue weighted by Crippen LogP contribution is -2.24. The van der Waals surface area contributed by atoms with E-state index in [4.69, 9.17) is 4.74 Å². The van der Waals surface area contributed by atoms with Crippen molar-refractivity contribution in [3.8, 4) is 5.75 Å². The van der Waals surface area contributed by atoms with E-state index in [1.54, 1.807) is 12.3 Å². The van der Waals surface area contributed by atoms with E-state index in [9.17, 15) is 4.79 Å². The van der Waals surface area contributed by atoms with Gasteiger partial charge in [-0.05, 0) is 36.8 Å². The number of Topliss-reactive ketones (excluding diaryl/α,β-unsaturated/α-hetero) is 1. The zero-order valence-electron chi connectivity index (χ0n) is 14.5. The molecule has 1 aliphatic heterocycles. The third-order valence-corrected chi connectivity index (χ3v) is 4.47. The monoisotopic (exact) mass is 341 g/mol. The van der Waals surface area contributed by atoms with Gasteiger partial charge in [-0.1, -0.05) is 60.2 Å². The number of nitrogens with one attached hydrogen (secondary N) is 1. The molecule has 26 heavy (non-hydrogen) atoms. The summed E-state index contributed by atoms with van der Waals surface area (Å²) in [5, 5.41) is 3.24. The SMILES string of the molecule is Cc1ccc(N/C=C2\C(=O)c3ccccc3OC2c2ccccc2)cc1. The number of benzene rings is 3. The van der Waals surface area contributed by atoms with Crippen LogP contribution < -0.4 is 10.1 Å². The Balaban J connectivity index is 1.74. The fraction of sp³-hybridized carbons (Fsp3) is 0.0870. The van der Waals surface area contributed by atoms with Crippen LogP contribution in [0, 0.1) is 6.92 Å². The first-order chi connectivity index (χ1) is 12.7. The van der Waals surface area contributed by atoms with E-state index in [2.05, 4.69) is 5.32 Å². The molecule has 1 N–H and O–H groups in total. The summed E-state index contributed by atoms with van der Waals surface area (Å²) < 4.78 is 6.18. The number of hydrogen-bond donors (Lipinski definition) is 1. The van der Waals surface area contributed by atoms with E-state index >= 15 is 0 Å². The Morgan fingerprint density at radius 2 is 1.58 bits per heavy atom. The summed E-state index contributed by atoms with van der Waals surface area (Å²) in [6.07, 6.45) is 1.33. The van der Waals surface area contributed by atoms with Gasteiger partial charge in [0.1, 0.15) is 5.75 Å². The Morgan fingerprint density at radius 3 is 2.35 bits per heavy atom. The average molecular weight is 341 g/mol. The fourth-order valence-corrected chi connectivity index (χ4v) is 3.05. The van der Waals surface area contributed by atoms with E-state index < -0.39 is 6.10 Å². The second-order valence-corrected chi connectivity index (χ2v) is 6.34. The van der Waals surface area contributed by atoms with Crippen molar-refractivity contribution in [1.82, 2.24) is 0 Å². The predicted octanol–water partition coefficient (Wildman–Crippen LogP) is 5.31. The lowest BCUT2D eigenvalue weighted by Gasteiger charge is -2.28. The summed E-state index contributed by atoms with van der Waals surface area (Å²) in [5.74, 6) is 0.610. The van der Waals surface area contributed by atoms with E-state index in [0.717, 1.165) is 11.3 Å². The number of para-hydroxylation sites is 1. The first-order valence-electron chi connectivity index (χ1n) is 8.61. The number of hydrogen-bond acceptors (Lipinski definition) is 3. The minimum atomic E-state index is -0.434. The maximum atomic E-state index is 13.1. The quantitative estimate of drug-likeness (QED) is 0.656. The van der Waals surface area contributed by atoms with Crippen molar-refractivity contribution in [2.24, 2.45) is 0 Å². The molecule has 3 aromatic carbocycles. The van der Waals surface area contributed by atoms with Gasteiger partial charge in [0.25, 0.3) is 0 Å². The van der Waals surface area contributed by atoms with Crippen molar-refractivity contribution in [3.63, 3.8) is 0 Å². The predicted molar refractivity (Wildman–Crippen MR) is 103 cm³/mol. The van der Waals surface area contributed by atoms with Crippen LogP contribution in [0.15, 0.2) is 90.6 Å². The van der Waals surface area contributed by atoms with Gasteiger partial charge in [0.05, 0.1) is 11.1 Å². The Labute approximate surface area is 152 Å². The third kappa shape index (κ3) is 3.11. The summed E-state index contributed by atoms with van der Waals surface area (Å²) in [7, 11) is 0. The third-order valence-electron chi connectivity index (χ3n) is 4.47. The standard InChI is InChI=1S/C23H19NO2/c1-16-11-13-18(14-12-16)24-15-20-22(25)19-9-5-6-10-21(19)26-23(20)17-7-3-2-4-8-17/h2-15,23-24H,1H3/b20-15+. The summed E-state index contributed by atoms with van der Waals surface area (Å²) >= 11 is 0. The number of carbonyl (C=O) groups is 1. The molecule has 4 rings (SSSR count). The van der Waals surface area contributed by atoms with Crippen LogP contribution >= 0.6 is 0 Å². The van der Waals surface area contributed by atoms with Crippen molar-refractivity contribution < 1.29 is 9.53 Å². The molecule has 0 bridgehead atoms. The number of anilines is 1. The zero-order chi connectivity index (χ0) is 17.9. The molecular weight excluding hydrogens is 322 g/mol.